The number of hydrogen-bond acceptors (Lipinski definition) is 13. The van der Waals surface area contributed by atoms with E-state index in [2.05, 4.69) is 31.8 Å². The molecular formula is C45H58ClN3O12S3. The van der Waals surface area contributed by atoms with Gasteiger partial charge in [0, 0.05) is 48.6 Å². The molecule has 1 aromatic carbocycles. The van der Waals surface area contributed by atoms with E-state index in [-0.39, 0.29) is 73.2 Å². The van der Waals surface area contributed by atoms with Crippen LogP contribution in [0.5, 0.6) is 0 Å². The summed E-state index contributed by atoms with van der Waals surface area (Å²) in [6.45, 7) is 8.97. The largest absolute Gasteiger partial charge is 0.480 e. The second-order valence-corrected chi connectivity index (χ2v) is 22.1. The number of amides is 1. The molecule has 0 radical (unpaired) electrons. The van der Waals surface area contributed by atoms with E-state index in [1.807, 2.05) is 6.08 Å². The van der Waals surface area contributed by atoms with Crippen LogP contribution < -0.4 is 10.5 Å². The van der Waals surface area contributed by atoms with Crippen molar-refractivity contribution in [2.24, 2.45) is 39.6 Å². The van der Waals surface area contributed by atoms with E-state index in [1.165, 1.54) is 34.6 Å². The molecule has 350 valence electrons. The SMILES string of the molecule is CC(=O)S[C@@H]1CC2=CC(=O)CC[C@]2(C)[C@H]2CC[C@@]3(C)[C@@H](CC[C@@]34CCC(=O)O4)[C@H]12.C[C@H](CS)C(=O)N1CCC[C@H]1C(=O)O.NS(=O)(=O)c1cc(C(=O)O)c(NCc2ccco2)cc1Cl. The zero-order valence-corrected chi connectivity index (χ0v) is 39.8. The number of fused-ring (bicyclic) bond motifs is 6. The molecule has 1 spiro atoms. The Kier molecular flexibility index (Phi) is 15.2. The van der Waals surface area contributed by atoms with Crippen LogP contribution in [0.2, 0.25) is 5.02 Å². The van der Waals surface area contributed by atoms with Gasteiger partial charge >= 0.3 is 17.9 Å². The highest BCUT2D eigenvalue weighted by Gasteiger charge is 2.68. The number of carboxylic acids is 2. The van der Waals surface area contributed by atoms with E-state index in [0.29, 0.717) is 55.1 Å². The monoisotopic (exact) mass is 963 g/mol. The van der Waals surface area contributed by atoms with Gasteiger partial charge < -0.3 is 29.6 Å². The lowest BCUT2D eigenvalue weighted by Gasteiger charge is -2.61. The number of rotatable bonds is 9. The molecule has 8 rings (SSSR count). The van der Waals surface area contributed by atoms with Crippen LogP contribution in [0.25, 0.3) is 0 Å². The molecule has 5 N–H and O–H groups in total. The normalized spacial score (nSPS) is 30.9. The number of benzene rings is 1. The highest BCUT2D eigenvalue weighted by Crippen LogP contribution is 2.70. The molecule has 64 heavy (non-hydrogen) atoms. The molecule has 2 aliphatic heterocycles. The molecule has 15 nitrogen and oxygen atoms in total. The molecule has 1 amide bonds. The zero-order valence-electron chi connectivity index (χ0n) is 36.5. The fraction of sp³-hybridized carbons (Fsp3) is 0.600. The molecule has 6 aliphatic rings. The summed E-state index contributed by atoms with van der Waals surface area (Å²) in [6, 6.07) is 4.89. The average Bonchev–Trinajstić information content (AvgIpc) is 4.05. The topological polar surface area (TPSA) is 241 Å². The third kappa shape index (κ3) is 9.96. The first-order chi connectivity index (χ1) is 30.0. The van der Waals surface area contributed by atoms with Gasteiger partial charge in [0.2, 0.25) is 15.9 Å². The Labute approximate surface area is 388 Å². The Hall–Kier alpha value is -3.84. The fourth-order valence-corrected chi connectivity index (χ4v) is 13.9. The lowest BCUT2D eigenvalue weighted by molar-refractivity contribution is -0.167. The lowest BCUT2D eigenvalue weighted by Crippen LogP contribution is -2.57. The van der Waals surface area contributed by atoms with E-state index >= 15 is 0 Å². The number of thioether (sulfide) groups is 1. The van der Waals surface area contributed by atoms with Crippen molar-refractivity contribution in [2.45, 2.75) is 127 Å². The number of carboxylic acid groups (broad SMARTS) is 2. The van der Waals surface area contributed by atoms with Crippen LogP contribution >= 0.6 is 36.0 Å². The summed E-state index contributed by atoms with van der Waals surface area (Å²) < 4.78 is 33.9. The third-order valence-electron chi connectivity index (χ3n) is 14.8. The number of thiol groups is 1. The smallest absolute Gasteiger partial charge is 0.337 e. The van der Waals surface area contributed by atoms with Crippen LogP contribution in [0.1, 0.15) is 114 Å². The minimum atomic E-state index is -4.11. The number of aromatic carboxylic acids is 1. The van der Waals surface area contributed by atoms with Gasteiger partial charge in [0.15, 0.2) is 10.9 Å². The number of nitrogens with two attached hydrogens (primary N) is 1. The molecule has 0 unspecified atom stereocenters. The molecule has 0 bridgehead atoms. The minimum absolute atomic E-state index is 0.0119. The Morgan fingerprint density at radius 3 is 2.38 bits per heavy atom. The number of primary sulfonamides is 1. The number of halogens is 1. The van der Waals surface area contributed by atoms with Crippen molar-refractivity contribution in [1.82, 2.24) is 4.90 Å². The number of furan rings is 1. The molecule has 19 heteroatoms. The maximum absolute atomic E-state index is 12.2. The van der Waals surface area contributed by atoms with Gasteiger partial charge in [-0.15, -0.1) is 0 Å². The van der Waals surface area contributed by atoms with Crippen molar-refractivity contribution in [3.63, 3.8) is 0 Å². The number of allylic oxidation sites excluding steroid dienone is 1. The molecule has 2 aromatic rings. The molecule has 3 heterocycles. The maximum atomic E-state index is 12.2. The summed E-state index contributed by atoms with van der Waals surface area (Å²) in [5, 5.41) is 26.1. The Bertz CT molecular complexity index is 2310. The summed E-state index contributed by atoms with van der Waals surface area (Å²) in [7, 11) is -4.11. The van der Waals surface area contributed by atoms with Gasteiger partial charge in [-0.2, -0.15) is 12.6 Å². The van der Waals surface area contributed by atoms with Gasteiger partial charge in [-0.25, -0.2) is 23.1 Å². The number of hydrogen-bond donors (Lipinski definition) is 5. The number of carbonyl (C=O) groups is 6. The van der Waals surface area contributed by atoms with Gasteiger partial charge in [-0.05, 0) is 111 Å². The molecule has 3 saturated carbocycles. The highest BCUT2D eigenvalue weighted by molar-refractivity contribution is 8.14. The van der Waals surface area contributed by atoms with E-state index in [0.717, 1.165) is 57.4 Å². The van der Waals surface area contributed by atoms with Crippen molar-refractivity contribution >= 4 is 86.4 Å². The maximum Gasteiger partial charge on any atom is 0.337 e. The molecule has 9 atom stereocenters. The van der Waals surface area contributed by atoms with Crippen LogP contribution in [0.3, 0.4) is 0 Å². The Morgan fingerprint density at radius 1 is 1.06 bits per heavy atom. The quantitative estimate of drug-likeness (QED) is 0.122. The summed E-state index contributed by atoms with van der Waals surface area (Å²) in [5.74, 6) is 0.217. The number of likely N-dealkylation sites (tertiary alicyclic amines) is 1. The van der Waals surface area contributed by atoms with Crippen LogP contribution in [0.15, 0.2) is 51.5 Å². The Morgan fingerprint density at radius 2 is 1.78 bits per heavy atom. The first-order valence-corrected chi connectivity index (χ1v) is 25.1. The number of anilines is 1. The zero-order chi connectivity index (χ0) is 46.9. The van der Waals surface area contributed by atoms with E-state index in [1.54, 1.807) is 26.0 Å². The van der Waals surface area contributed by atoms with Gasteiger partial charge in [-0.3, -0.25) is 19.2 Å². The number of ketones is 1. The number of sulfonamides is 1. The predicted molar refractivity (Wildman–Crippen MR) is 243 cm³/mol. The average molecular weight is 965 g/mol. The van der Waals surface area contributed by atoms with E-state index in [4.69, 9.17) is 36.1 Å². The number of esters is 1. The number of nitrogens with zero attached hydrogens (tertiary/aromatic N) is 1. The van der Waals surface area contributed by atoms with Crippen LogP contribution in [0, 0.1) is 34.5 Å². The number of aliphatic carboxylic acids is 1. The molecule has 2 saturated heterocycles. The summed E-state index contributed by atoms with van der Waals surface area (Å²) >= 11 is 11.4. The number of carbonyl (C=O) groups excluding carboxylic acids is 4. The third-order valence-corrected chi connectivity index (χ3v) is 17.8. The minimum Gasteiger partial charge on any atom is -0.480 e. The van der Waals surface area contributed by atoms with Crippen LogP contribution in [-0.2, 0) is 45.3 Å². The van der Waals surface area contributed by atoms with E-state index in [9.17, 15) is 37.2 Å². The van der Waals surface area contributed by atoms with Crippen molar-refractivity contribution in [1.29, 1.82) is 0 Å². The molecule has 5 fully saturated rings. The lowest BCUT2D eigenvalue weighted by atomic mass is 9.46. The first-order valence-electron chi connectivity index (χ1n) is 21.7. The fourth-order valence-electron chi connectivity index (χ4n) is 11.5. The first kappa shape index (κ1) is 49.6. The van der Waals surface area contributed by atoms with Gasteiger partial charge in [0.05, 0.1) is 29.1 Å². The molecule has 1 aromatic heterocycles. The summed E-state index contributed by atoms with van der Waals surface area (Å²) in [5.41, 5.74) is 1.00. The Balaban J connectivity index is 0.000000171. The standard InChI is InChI=1S/C24H32O4S.C12H11ClN2O5S.C9H15NO3S/c1-14(25)29-19-13-15-12-16(26)4-8-22(15,2)17-5-9-23(3)18(21(17)19)6-10-24(23)11-7-20(27)28-24;13-9-5-10(15-6-7-2-1-3-20-7)8(12(16)17)4-11(9)21(14,18)19;1-6(5-14)8(11)10-4-2-3-7(10)9(12)13/h12,17-19,21H,4-11,13H2,1-3H3;1-5,15H,6H2,(H,16,17)(H2,14,18,19);6-7,14H,2-5H2,1H3,(H,12,13)/t17-,18-,19+,21+,22-,23-,24+;;6-,7+/m0.1/s1. The van der Waals surface area contributed by atoms with Crippen molar-refractivity contribution in [3.8, 4) is 0 Å². The predicted octanol–water partition coefficient (Wildman–Crippen LogP) is 7.37. The van der Waals surface area contributed by atoms with Gasteiger partial charge in [0.1, 0.15) is 22.3 Å². The van der Waals surface area contributed by atoms with Crippen molar-refractivity contribution in [2.75, 3.05) is 17.6 Å². The summed E-state index contributed by atoms with van der Waals surface area (Å²) in [6.07, 6.45) is 12.8. The van der Waals surface area contributed by atoms with Gasteiger partial charge in [-0.1, -0.05) is 49.7 Å². The number of ether oxygens (including phenoxy) is 1. The second kappa shape index (κ2) is 19.6. The van der Waals surface area contributed by atoms with Crippen LogP contribution in [-0.4, -0.2) is 87.4 Å². The molecular weight excluding hydrogens is 906 g/mol. The van der Waals surface area contributed by atoms with Gasteiger partial charge in [0.25, 0.3) is 0 Å². The van der Waals surface area contributed by atoms with E-state index < -0.39 is 32.9 Å². The second-order valence-electron chi connectivity index (χ2n) is 18.4. The highest BCUT2D eigenvalue weighted by atomic mass is 35.5. The molecule has 4 aliphatic carbocycles. The van der Waals surface area contributed by atoms with Crippen LogP contribution in [0.4, 0.5) is 5.69 Å². The number of nitrogens with one attached hydrogen (secondary N) is 1. The van der Waals surface area contributed by atoms with Crippen molar-refractivity contribution in [3.05, 3.63) is 58.5 Å². The summed E-state index contributed by atoms with van der Waals surface area (Å²) in [4.78, 5) is 71.2. The van der Waals surface area contributed by atoms with Crippen molar-refractivity contribution < 1.29 is 56.6 Å².